The molecule has 1 saturated carbocycles. The van der Waals surface area contributed by atoms with Crippen LogP contribution in [0.4, 0.5) is 9.18 Å². The number of ether oxygens (including phenoxy) is 1. The van der Waals surface area contributed by atoms with E-state index >= 15 is 0 Å². The number of halogens is 1. The normalized spacial score (nSPS) is 19.8. The summed E-state index contributed by atoms with van der Waals surface area (Å²) in [4.78, 5) is 40.7. The number of aromatic carboxylic acids is 1. The van der Waals surface area contributed by atoms with Crippen LogP contribution >= 0.6 is 0 Å². The van der Waals surface area contributed by atoms with Crippen LogP contribution in [-0.2, 0) is 16.0 Å². The molecule has 1 aliphatic heterocycles. The number of likely N-dealkylation sites (tertiary alicyclic amines) is 1. The molecule has 0 bridgehead atoms. The van der Waals surface area contributed by atoms with Crippen LogP contribution in [0, 0.1) is 11.7 Å². The van der Waals surface area contributed by atoms with E-state index in [0.29, 0.717) is 19.6 Å². The van der Waals surface area contributed by atoms with E-state index in [1.807, 2.05) is 30.6 Å². The molecule has 1 aliphatic carbocycles. The minimum Gasteiger partial charge on any atom is -0.478 e. The molecular formula is C29H35FN2O5. The van der Waals surface area contributed by atoms with Crippen molar-refractivity contribution in [1.82, 2.24) is 9.80 Å². The fraction of sp³-hybridized carbons (Fsp3) is 0.483. The molecule has 198 valence electrons. The number of hydrogen-bond acceptors (Lipinski definition) is 4. The zero-order chi connectivity index (χ0) is 26.7. The Morgan fingerprint density at radius 3 is 2.22 bits per heavy atom. The highest BCUT2D eigenvalue weighted by Gasteiger charge is 2.46. The van der Waals surface area contributed by atoms with Gasteiger partial charge in [0.25, 0.3) is 0 Å². The van der Waals surface area contributed by atoms with Crippen LogP contribution in [0.2, 0.25) is 0 Å². The number of carbonyl (C=O) groups excluding carboxylic acids is 2. The van der Waals surface area contributed by atoms with Gasteiger partial charge in [0.2, 0.25) is 5.91 Å². The smallest absolute Gasteiger partial charge is 0.410 e. The zero-order valence-electron chi connectivity index (χ0n) is 21.7. The van der Waals surface area contributed by atoms with Gasteiger partial charge in [-0.25, -0.2) is 14.0 Å². The standard InChI is InChI=1S/C29H35FN2O5/c1-29(2,3)37-28(36)32(25-17-24(25)21-8-10-23(30)11-9-21)18-20-12-14-31(15-13-20)26(33)16-19-4-6-22(7-5-19)27(34)35/h4-11,20,24-25H,12-18H2,1-3H3,(H,34,35). The molecule has 4 rings (SSSR count). The second-order valence-electron chi connectivity index (χ2n) is 11.1. The number of carbonyl (C=O) groups is 3. The highest BCUT2D eigenvalue weighted by molar-refractivity contribution is 5.87. The number of piperidine rings is 1. The summed E-state index contributed by atoms with van der Waals surface area (Å²) in [6.07, 6.45) is 2.30. The molecule has 1 N–H and O–H groups in total. The molecule has 2 atom stereocenters. The van der Waals surface area contributed by atoms with E-state index in [1.54, 1.807) is 24.3 Å². The molecule has 2 unspecified atom stereocenters. The Morgan fingerprint density at radius 1 is 1.03 bits per heavy atom. The lowest BCUT2D eigenvalue weighted by atomic mass is 9.95. The predicted octanol–water partition coefficient (Wildman–Crippen LogP) is 5.10. The summed E-state index contributed by atoms with van der Waals surface area (Å²) >= 11 is 0. The van der Waals surface area contributed by atoms with Gasteiger partial charge in [-0.1, -0.05) is 24.3 Å². The van der Waals surface area contributed by atoms with Crippen molar-refractivity contribution in [3.8, 4) is 0 Å². The Morgan fingerprint density at radius 2 is 1.65 bits per heavy atom. The van der Waals surface area contributed by atoms with Gasteiger partial charge in [-0.15, -0.1) is 0 Å². The molecule has 0 spiro atoms. The SMILES string of the molecule is CC(C)(C)OC(=O)N(CC1CCN(C(=O)Cc2ccc(C(=O)O)cc2)CC1)C1CC1c1ccc(F)cc1. The van der Waals surface area contributed by atoms with Crippen molar-refractivity contribution in [1.29, 1.82) is 0 Å². The molecule has 8 heteroatoms. The predicted molar refractivity (Wildman–Crippen MR) is 137 cm³/mol. The third-order valence-corrected chi connectivity index (χ3v) is 7.06. The van der Waals surface area contributed by atoms with Gasteiger partial charge in [-0.3, -0.25) is 4.79 Å². The van der Waals surface area contributed by atoms with Gasteiger partial charge in [0.15, 0.2) is 0 Å². The lowest BCUT2D eigenvalue weighted by Crippen LogP contribution is -2.45. The summed E-state index contributed by atoms with van der Waals surface area (Å²) in [5.41, 5.74) is 1.41. The van der Waals surface area contributed by atoms with Crippen LogP contribution in [0.5, 0.6) is 0 Å². The highest BCUT2D eigenvalue weighted by Crippen LogP contribution is 2.45. The fourth-order valence-electron chi connectivity index (χ4n) is 4.95. The molecule has 1 heterocycles. The summed E-state index contributed by atoms with van der Waals surface area (Å²) in [6.45, 7) is 7.36. The molecule has 7 nitrogen and oxygen atoms in total. The number of carboxylic acids is 1. The van der Waals surface area contributed by atoms with Crippen LogP contribution in [0.3, 0.4) is 0 Å². The van der Waals surface area contributed by atoms with Crippen molar-refractivity contribution in [2.24, 2.45) is 5.92 Å². The van der Waals surface area contributed by atoms with Crippen LogP contribution in [0.15, 0.2) is 48.5 Å². The van der Waals surface area contributed by atoms with Crippen molar-refractivity contribution >= 4 is 18.0 Å². The largest absolute Gasteiger partial charge is 0.478 e. The molecule has 2 aromatic rings. The maximum Gasteiger partial charge on any atom is 0.410 e. The van der Waals surface area contributed by atoms with Gasteiger partial charge >= 0.3 is 12.1 Å². The zero-order valence-corrected chi connectivity index (χ0v) is 21.7. The Hall–Kier alpha value is -3.42. The van der Waals surface area contributed by atoms with E-state index in [1.165, 1.54) is 24.3 Å². The first-order chi connectivity index (χ1) is 17.5. The van der Waals surface area contributed by atoms with Crippen molar-refractivity contribution < 1.29 is 28.6 Å². The van der Waals surface area contributed by atoms with E-state index in [0.717, 1.165) is 30.4 Å². The van der Waals surface area contributed by atoms with Crippen LogP contribution < -0.4 is 0 Å². The maximum atomic E-state index is 13.4. The lowest BCUT2D eigenvalue weighted by Gasteiger charge is -2.36. The van der Waals surface area contributed by atoms with Crippen LogP contribution in [-0.4, -0.2) is 64.2 Å². The minimum atomic E-state index is -0.990. The van der Waals surface area contributed by atoms with Crippen molar-refractivity contribution in [2.75, 3.05) is 19.6 Å². The first kappa shape index (κ1) is 26.6. The fourth-order valence-corrected chi connectivity index (χ4v) is 4.95. The van der Waals surface area contributed by atoms with Crippen molar-refractivity contribution in [3.63, 3.8) is 0 Å². The minimum absolute atomic E-state index is 0.0177. The summed E-state index contributed by atoms with van der Waals surface area (Å²) in [6, 6.07) is 12.9. The molecule has 0 aromatic heterocycles. The van der Waals surface area contributed by atoms with Gasteiger partial charge in [-0.05, 0) is 81.3 Å². The second kappa shape index (κ2) is 10.9. The lowest BCUT2D eigenvalue weighted by molar-refractivity contribution is -0.132. The van der Waals surface area contributed by atoms with Crippen LogP contribution in [0.1, 0.15) is 67.4 Å². The van der Waals surface area contributed by atoms with E-state index in [-0.39, 0.29) is 47.7 Å². The maximum absolute atomic E-state index is 13.4. The Balaban J connectivity index is 1.34. The molecule has 1 saturated heterocycles. The number of rotatable bonds is 7. The molecule has 2 aromatic carbocycles. The number of amides is 2. The Labute approximate surface area is 217 Å². The van der Waals surface area contributed by atoms with Crippen molar-refractivity contribution in [3.05, 3.63) is 71.0 Å². The molecule has 2 amide bonds. The number of hydrogen-bond donors (Lipinski definition) is 1. The summed E-state index contributed by atoms with van der Waals surface area (Å²) in [5, 5.41) is 9.04. The Bertz CT molecular complexity index is 1120. The molecule has 0 radical (unpaired) electrons. The summed E-state index contributed by atoms with van der Waals surface area (Å²) < 4.78 is 19.1. The van der Waals surface area contributed by atoms with E-state index in [9.17, 15) is 18.8 Å². The molecule has 2 aliphatic rings. The number of carboxylic acid groups (broad SMARTS) is 1. The third-order valence-electron chi connectivity index (χ3n) is 7.06. The van der Waals surface area contributed by atoms with Gasteiger partial charge < -0.3 is 19.6 Å². The number of benzene rings is 2. The first-order valence-corrected chi connectivity index (χ1v) is 12.9. The van der Waals surface area contributed by atoms with Crippen molar-refractivity contribution in [2.45, 2.75) is 64.0 Å². The first-order valence-electron chi connectivity index (χ1n) is 12.9. The van der Waals surface area contributed by atoms with E-state index in [2.05, 4.69) is 0 Å². The second-order valence-corrected chi connectivity index (χ2v) is 11.1. The molecule has 37 heavy (non-hydrogen) atoms. The molecule has 2 fully saturated rings. The topological polar surface area (TPSA) is 87.2 Å². The van der Waals surface area contributed by atoms with Gasteiger partial charge in [0, 0.05) is 31.6 Å². The third kappa shape index (κ3) is 7.08. The van der Waals surface area contributed by atoms with Crippen LogP contribution in [0.25, 0.3) is 0 Å². The quantitative estimate of drug-likeness (QED) is 0.560. The summed E-state index contributed by atoms with van der Waals surface area (Å²) in [7, 11) is 0. The Kier molecular flexibility index (Phi) is 7.85. The van der Waals surface area contributed by atoms with Gasteiger partial charge in [-0.2, -0.15) is 0 Å². The average molecular weight is 511 g/mol. The van der Waals surface area contributed by atoms with Gasteiger partial charge in [0.05, 0.1) is 12.0 Å². The number of nitrogens with zero attached hydrogens (tertiary/aromatic N) is 2. The summed E-state index contributed by atoms with van der Waals surface area (Å²) in [5.74, 6) is -0.827. The highest BCUT2D eigenvalue weighted by atomic mass is 19.1. The molecular weight excluding hydrogens is 475 g/mol. The van der Waals surface area contributed by atoms with E-state index < -0.39 is 11.6 Å². The van der Waals surface area contributed by atoms with Gasteiger partial charge in [0.1, 0.15) is 11.4 Å². The monoisotopic (exact) mass is 510 g/mol. The van der Waals surface area contributed by atoms with E-state index in [4.69, 9.17) is 9.84 Å². The average Bonchev–Trinajstić information content (AvgIpc) is 3.63.